The zero-order valence-corrected chi connectivity index (χ0v) is 12.3. The number of nitrogens with zero attached hydrogens (tertiary/aromatic N) is 2. The van der Waals surface area contributed by atoms with E-state index in [-0.39, 0.29) is 17.5 Å². The van der Waals surface area contributed by atoms with E-state index in [1.165, 1.54) is 6.07 Å². The predicted molar refractivity (Wildman–Crippen MR) is 69.1 cm³/mol. The Bertz CT molecular complexity index is 533. The summed E-state index contributed by atoms with van der Waals surface area (Å²) in [6, 6.07) is 4.97. The molecule has 0 atom stereocenters. The Morgan fingerprint density at radius 2 is 2.22 bits per heavy atom. The van der Waals surface area contributed by atoms with Crippen LogP contribution in [0.15, 0.2) is 18.2 Å². The minimum atomic E-state index is -0.534. The number of amides is 1. The van der Waals surface area contributed by atoms with E-state index < -0.39 is 25.6 Å². The molecule has 0 N–H and O–H groups in total. The van der Waals surface area contributed by atoms with E-state index in [4.69, 9.17) is 11.6 Å². The van der Waals surface area contributed by atoms with E-state index in [1.54, 1.807) is 9.98 Å². The molecule has 0 spiro atoms. The van der Waals surface area contributed by atoms with Crippen LogP contribution < -0.4 is 4.46 Å². The van der Waals surface area contributed by atoms with E-state index in [0.717, 1.165) is 5.56 Å². The SMILES string of the molecule is CC1(C)c2cccc([N+](=O)[O-])c2[Se]N1C(=O)CCl. The number of fused-ring (bicyclic) bond motifs is 1. The Hall–Kier alpha value is -1.10. The summed E-state index contributed by atoms with van der Waals surface area (Å²) in [6.07, 6.45) is 0. The van der Waals surface area contributed by atoms with Crippen LogP contribution in [0.5, 0.6) is 0 Å². The third kappa shape index (κ3) is 1.90. The molecule has 0 bridgehead atoms. The molecule has 1 aromatic rings. The van der Waals surface area contributed by atoms with Crippen molar-refractivity contribution in [2.24, 2.45) is 0 Å². The molecule has 0 radical (unpaired) electrons. The number of alkyl halides is 1. The van der Waals surface area contributed by atoms with E-state index >= 15 is 0 Å². The van der Waals surface area contributed by atoms with Crippen LogP contribution in [0.4, 0.5) is 5.69 Å². The molecule has 18 heavy (non-hydrogen) atoms. The molecule has 96 valence electrons. The van der Waals surface area contributed by atoms with Gasteiger partial charge in [-0.15, -0.1) is 0 Å². The molecule has 1 amide bonds. The number of halogens is 1. The van der Waals surface area contributed by atoms with Gasteiger partial charge in [-0.1, -0.05) is 0 Å². The summed E-state index contributed by atoms with van der Waals surface area (Å²) in [6.45, 7) is 3.77. The van der Waals surface area contributed by atoms with Gasteiger partial charge in [-0.25, -0.2) is 0 Å². The van der Waals surface area contributed by atoms with Crippen LogP contribution in [-0.2, 0) is 10.3 Å². The Balaban J connectivity index is 2.55. The van der Waals surface area contributed by atoms with Gasteiger partial charge in [0.2, 0.25) is 0 Å². The first-order valence-corrected chi connectivity index (χ1v) is 7.40. The zero-order valence-electron chi connectivity index (χ0n) is 9.84. The van der Waals surface area contributed by atoms with E-state index in [1.807, 2.05) is 19.9 Å². The fraction of sp³-hybridized carbons (Fsp3) is 0.364. The Kier molecular flexibility index (Phi) is 3.36. The third-order valence-corrected chi connectivity index (χ3v) is 6.16. The Labute approximate surface area is 116 Å². The van der Waals surface area contributed by atoms with Gasteiger partial charge < -0.3 is 0 Å². The van der Waals surface area contributed by atoms with Crippen molar-refractivity contribution in [1.29, 1.82) is 0 Å². The first kappa shape index (κ1) is 13.3. The van der Waals surface area contributed by atoms with Crippen molar-refractivity contribution in [3.63, 3.8) is 0 Å². The van der Waals surface area contributed by atoms with Gasteiger partial charge in [0.15, 0.2) is 0 Å². The van der Waals surface area contributed by atoms with Crippen LogP contribution in [0.1, 0.15) is 19.4 Å². The fourth-order valence-corrected chi connectivity index (χ4v) is 5.04. The number of nitro benzene ring substituents is 1. The maximum absolute atomic E-state index is 11.8. The molecule has 5 nitrogen and oxygen atoms in total. The van der Waals surface area contributed by atoms with Crippen LogP contribution in [0.2, 0.25) is 0 Å². The van der Waals surface area contributed by atoms with Crippen LogP contribution in [-0.4, -0.2) is 35.8 Å². The molecule has 0 unspecified atom stereocenters. The number of nitro groups is 1. The second-order valence-corrected chi connectivity index (χ2v) is 6.66. The van der Waals surface area contributed by atoms with Crippen molar-refractivity contribution in [2.45, 2.75) is 19.4 Å². The molecule has 1 heterocycles. The van der Waals surface area contributed by atoms with E-state index in [2.05, 4.69) is 0 Å². The van der Waals surface area contributed by atoms with Crippen molar-refractivity contribution in [3.05, 3.63) is 33.9 Å². The molecule has 2 rings (SSSR count). The number of rotatable bonds is 2. The minimum absolute atomic E-state index is 0.0884. The first-order chi connectivity index (χ1) is 8.39. The summed E-state index contributed by atoms with van der Waals surface area (Å²) < 4.78 is 2.31. The van der Waals surface area contributed by atoms with Crippen molar-refractivity contribution in [1.82, 2.24) is 3.92 Å². The molecular formula is C11H11ClN2O3Se. The third-order valence-electron chi connectivity index (χ3n) is 2.88. The normalized spacial score (nSPS) is 16.5. The Morgan fingerprint density at radius 3 is 2.78 bits per heavy atom. The summed E-state index contributed by atoms with van der Waals surface area (Å²) in [7, 11) is 0. The summed E-state index contributed by atoms with van der Waals surface area (Å²) in [5, 5.41) is 11.0. The number of hydrogen-bond donors (Lipinski definition) is 0. The number of benzene rings is 1. The summed E-state index contributed by atoms with van der Waals surface area (Å²) >= 11 is 5.20. The topological polar surface area (TPSA) is 63.5 Å². The van der Waals surface area contributed by atoms with Gasteiger partial charge in [0, 0.05) is 0 Å². The first-order valence-electron chi connectivity index (χ1n) is 5.24. The molecule has 1 aliphatic rings. The molecule has 0 saturated carbocycles. The number of carbonyl (C=O) groups is 1. The van der Waals surface area contributed by atoms with Crippen molar-refractivity contribution in [3.8, 4) is 0 Å². The van der Waals surface area contributed by atoms with E-state index in [0.29, 0.717) is 4.46 Å². The second-order valence-electron chi connectivity index (χ2n) is 4.38. The standard InChI is InChI=1S/C11H11ClN2O3Se/c1-11(2)7-4-3-5-8(14(16)17)10(7)18-13(11)9(15)6-12/h3-5H,6H2,1-2H3. The molecule has 1 aromatic carbocycles. The van der Waals surface area contributed by atoms with Gasteiger partial charge >= 0.3 is 116 Å². The molecule has 0 aromatic heterocycles. The molecule has 0 aliphatic carbocycles. The number of hydrogen-bond acceptors (Lipinski definition) is 3. The molecule has 0 saturated heterocycles. The average Bonchev–Trinajstić information content (AvgIpc) is 2.60. The molecule has 7 heteroatoms. The molecule has 1 aliphatic heterocycles. The maximum atomic E-state index is 11.8. The van der Waals surface area contributed by atoms with Gasteiger partial charge in [-0.3, -0.25) is 0 Å². The summed E-state index contributed by atoms with van der Waals surface area (Å²) in [5.41, 5.74) is 0.397. The van der Waals surface area contributed by atoms with Gasteiger partial charge in [-0.2, -0.15) is 0 Å². The van der Waals surface area contributed by atoms with E-state index in [9.17, 15) is 14.9 Å². The summed E-state index contributed by atoms with van der Waals surface area (Å²) in [4.78, 5) is 22.4. The van der Waals surface area contributed by atoms with Crippen LogP contribution in [0, 0.1) is 10.1 Å². The van der Waals surface area contributed by atoms with Crippen LogP contribution in [0.25, 0.3) is 0 Å². The van der Waals surface area contributed by atoms with Gasteiger partial charge in [-0.05, 0) is 0 Å². The van der Waals surface area contributed by atoms with Crippen LogP contribution in [0.3, 0.4) is 0 Å². The monoisotopic (exact) mass is 334 g/mol. The van der Waals surface area contributed by atoms with Gasteiger partial charge in [0.05, 0.1) is 0 Å². The molecule has 0 fully saturated rings. The quantitative estimate of drug-likeness (QED) is 0.353. The predicted octanol–water partition coefficient (Wildman–Crippen LogP) is 1.16. The van der Waals surface area contributed by atoms with Crippen molar-refractivity contribution < 1.29 is 9.72 Å². The second kappa shape index (κ2) is 4.53. The number of carbonyl (C=O) groups excluding carboxylic acids is 1. The van der Waals surface area contributed by atoms with Gasteiger partial charge in [0.25, 0.3) is 0 Å². The van der Waals surface area contributed by atoms with Crippen molar-refractivity contribution in [2.75, 3.05) is 5.88 Å². The average molecular weight is 334 g/mol. The fourth-order valence-electron chi connectivity index (χ4n) is 1.98. The zero-order chi connectivity index (χ0) is 13.5. The van der Waals surface area contributed by atoms with Gasteiger partial charge in [0.1, 0.15) is 0 Å². The molecular weight excluding hydrogens is 323 g/mol. The summed E-state index contributed by atoms with van der Waals surface area (Å²) in [5.74, 6) is -0.292. The van der Waals surface area contributed by atoms with Crippen LogP contribution >= 0.6 is 11.6 Å². The van der Waals surface area contributed by atoms with Crippen molar-refractivity contribution >= 4 is 42.8 Å². The Morgan fingerprint density at radius 1 is 1.56 bits per heavy atom.